The number of hydrogen-bond donors (Lipinski definition) is 1. The minimum atomic E-state index is -0.795. The average molecular weight is 402 g/mol. The predicted octanol–water partition coefficient (Wildman–Crippen LogP) is 1.54. The zero-order valence-electron chi connectivity index (χ0n) is 16.1. The number of amides is 2. The van der Waals surface area contributed by atoms with Gasteiger partial charge in [0, 0.05) is 30.8 Å². The molecule has 5 rings (SSSR count). The Morgan fingerprint density at radius 1 is 1.07 bits per heavy atom. The highest BCUT2D eigenvalue weighted by Gasteiger charge is 2.30. The Hall–Kier alpha value is -4.01. The largest absolute Gasteiger partial charge is 0.351 e. The first-order valence-electron chi connectivity index (χ1n) is 9.55. The second-order valence-electron chi connectivity index (χ2n) is 7.23. The molecule has 1 N–H and O–H groups in total. The van der Waals surface area contributed by atoms with E-state index in [1.807, 2.05) is 48.1 Å². The highest BCUT2D eigenvalue weighted by atomic mass is 16.2. The highest BCUT2D eigenvalue weighted by Crippen LogP contribution is 2.31. The fourth-order valence-corrected chi connectivity index (χ4v) is 3.86. The van der Waals surface area contributed by atoms with Gasteiger partial charge in [0.2, 0.25) is 5.91 Å². The van der Waals surface area contributed by atoms with Gasteiger partial charge < -0.3 is 0 Å². The van der Waals surface area contributed by atoms with E-state index in [1.54, 1.807) is 18.5 Å². The second kappa shape index (κ2) is 6.80. The summed E-state index contributed by atoms with van der Waals surface area (Å²) in [5.74, 6) is -0.837. The monoisotopic (exact) mass is 402 g/mol. The molecular weight excluding hydrogens is 384 g/mol. The number of nitrogens with one attached hydrogen (secondary N) is 1. The Balaban J connectivity index is 1.60. The third-order valence-corrected chi connectivity index (χ3v) is 5.35. The average Bonchev–Trinajstić information content (AvgIpc) is 3.28. The molecule has 9 nitrogen and oxygen atoms in total. The fourth-order valence-electron chi connectivity index (χ4n) is 3.86. The molecule has 3 aromatic heterocycles. The Bertz CT molecular complexity index is 1350. The Kier molecular flexibility index (Phi) is 4.09. The number of carbonyl (C=O) groups is 2. The van der Waals surface area contributed by atoms with Crippen LogP contribution in [-0.2, 0) is 16.6 Å². The number of carbonyl (C=O) groups excluding carboxylic acids is 2. The summed E-state index contributed by atoms with van der Waals surface area (Å²) in [7, 11) is 1.88. The maximum atomic E-state index is 12.8. The lowest BCUT2D eigenvalue weighted by molar-refractivity contribution is -0.136. The number of nitrogens with zero attached hydrogens (tertiary/aromatic N) is 5. The summed E-state index contributed by atoms with van der Waals surface area (Å²) in [4.78, 5) is 36.4. The zero-order valence-corrected chi connectivity index (χ0v) is 16.1. The number of rotatable bonds is 3. The maximum Gasteiger partial charge on any atom is 0.351 e. The van der Waals surface area contributed by atoms with Gasteiger partial charge in [0.05, 0.1) is 11.9 Å². The molecule has 1 aliphatic heterocycles. The molecule has 0 radical (unpaired) electrons. The van der Waals surface area contributed by atoms with Crippen molar-refractivity contribution in [3.8, 4) is 22.4 Å². The number of imide groups is 1. The van der Waals surface area contributed by atoms with Crippen LogP contribution in [0.3, 0.4) is 0 Å². The van der Waals surface area contributed by atoms with E-state index in [4.69, 9.17) is 0 Å². The molecular formula is C21H18N6O3. The smallest absolute Gasteiger partial charge is 0.295 e. The van der Waals surface area contributed by atoms with Crippen LogP contribution in [0.25, 0.3) is 28.0 Å². The van der Waals surface area contributed by atoms with Gasteiger partial charge in [0.15, 0.2) is 5.65 Å². The molecule has 1 unspecified atom stereocenters. The van der Waals surface area contributed by atoms with Crippen molar-refractivity contribution in [1.82, 2.24) is 29.3 Å². The van der Waals surface area contributed by atoms with Crippen LogP contribution in [0, 0.1) is 0 Å². The first-order chi connectivity index (χ1) is 14.5. The van der Waals surface area contributed by atoms with Crippen molar-refractivity contribution < 1.29 is 9.59 Å². The van der Waals surface area contributed by atoms with Crippen LogP contribution in [0.5, 0.6) is 0 Å². The quantitative estimate of drug-likeness (QED) is 0.524. The topological polar surface area (TPSA) is 103 Å². The van der Waals surface area contributed by atoms with Crippen LogP contribution in [-0.4, -0.2) is 35.8 Å². The lowest BCUT2D eigenvalue weighted by Gasteiger charge is -2.19. The van der Waals surface area contributed by atoms with Gasteiger partial charge in [-0.3, -0.25) is 24.0 Å². The zero-order chi connectivity index (χ0) is 20.8. The van der Waals surface area contributed by atoms with Crippen molar-refractivity contribution in [3.63, 3.8) is 0 Å². The van der Waals surface area contributed by atoms with E-state index in [0.717, 1.165) is 27.1 Å². The van der Waals surface area contributed by atoms with Crippen LogP contribution in [0.15, 0.2) is 59.7 Å². The fraction of sp³-hybridized carbons (Fsp3) is 0.190. The third-order valence-electron chi connectivity index (χ3n) is 5.35. The number of pyridine rings is 1. The molecule has 0 saturated carbocycles. The summed E-state index contributed by atoms with van der Waals surface area (Å²) >= 11 is 0. The first kappa shape index (κ1) is 18.0. The van der Waals surface area contributed by atoms with Crippen molar-refractivity contribution in [3.05, 3.63) is 65.3 Å². The van der Waals surface area contributed by atoms with Gasteiger partial charge in [0.25, 0.3) is 5.91 Å². The van der Waals surface area contributed by atoms with E-state index in [1.165, 1.54) is 4.40 Å². The van der Waals surface area contributed by atoms with Gasteiger partial charge in [-0.15, -0.1) is 5.10 Å². The van der Waals surface area contributed by atoms with Gasteiger partial charge >= 0.3 is 5.69 Å². The summed E-state index contributed by atoms with van der Waals surface area (Å²) in [6.45, 7) is 0. The molecule has 2 amide bonds. The van der Waals surface area contributed by atoms with Crippen molar-refractivity contribution in [2.75, 3.05) is 0 Å². The van der Waals surface area contributed by atoms with Gasteiger partial charge in [-0.05, 0) is 24.1 Å². The van der Waals surface area contributed by atoms with Crippen molar-refractivity contribution in [2.24, 2.45) is 7.05 Å². The minimum absolute atomic E-state index is 0.179. The normalized spacial score (nSPS) is 16.8. The number of benzene rings is 1. The summed E-state index contributed by atoms with van der Waals surface area (Å²) in [5.41, 5.74) is 3.75. The third kappa shape index (κ3) is 2.83. The lowest BCUT2D eigenvalue weighted by atomic mass is 10.0. The molecule has 0 aliphatic carbocycles. The number of piperidine rings is 1. The number of aryl methyl sites for hydroxylation is 1. The predicted molar refractivity (Wildman–Crippen MR) is 109 cm³/mol. The van der Waals surface area contributed by atoms with Gasteiger partial charge in [-0.2, -0.15) is 9.78 Å². The summed E-state index contributed by atoms with van der Waals surface area (Å²) in [6.07, 6.45) is 3.85. The number of aromatic nitrogens is 5. The van der Waals surface area contributed by atoms with E-state index in [-0.39, 0.29) is 18.7 Å². The second-order valence-corrected chi connectivity index (χ2v) is 7.23. The summed E-state index contributed by atoms with van der Waals surface area (Å²) in [5, 5.41) is 11.0. The molecule has 1 aromatic carbocycles. The van der Waals surface area contributed by atoms with Crippen molar-refractivity contribution >= 4 is 17.5 Å². The lowest BCUT2D eigenvalue weighted by Crippen LogP contribution is -2.44. The van der Waals surface area contributed by atoms with Gasteiger partial charge in [0.1, 0.15) is 6.04 Å². The first-order valence-corrected chi connectivity index (χ1v) is 9.55. The minimum Gasteiger partial charge on any atom is -0.295 e. The molecule has 0 bridgehead atoms. The van der Waals surface area contributed by atoms with Crippen LogP contribution in [0.1, 0.15) is 18.9 Å². The van der Waals surface area contributed by atoms with E-state index in [9.17, 15) is 14.4 Å². The molecule has 4 heterocycles. The van der Waals surface area contributed by atoms with E-state index < -0.39 is 17.6 Å². The molecule has 1 saturated heterocycles. The van der Waals surface area contributed by atoms with Crippen LogP contribution < -0.4 is 11.0 Å². The molecule has 30 heavy (non-hydrogen) atoms. The number of fused-ring (bicyclic) bond motifs is 1. The molecule has 0 spiro atoms. The summed E-state index contributed by atoms with van der Waals surface area (Å²) in [6, 6.07) is 12.8. The van der Waals surface area contributed by atoms with Crippen LogP contribution >= 0.6 is 0 Å². The highest BCUT2D eigenvalue weighted by molar-refractivity contribution is 5.99. The maximum absolute atomic E-state index is 12.8. The molecule has 1 atom stereocenters. The SMILES string of the molecule is Cn1ncc(-c2ccn3c(=O)n(C4CCC(=O)NC4=O)nc3c2)c1-c1ccccc1. The molecule has 150 valence electrons. The Morgan fingerprint density at radius 3 is 2.63 bits per heavy atom. The van der Waals surface area contributed by atoms with Gasteiger partial charge in [-0.25, -0.2) is 4.79 Å². The standard InChI is InChI=1S/C21H18N6O3/c1-25-19(13-5-3-2-4-6-13)15(12-22-25)14-9-10-26-17(11-14)24-27(21(26)30)16-7-8-18(28)23-20(16)29/h2-6,9-12,16H,7-8H2,1H3,(H,23,28,29). The Morgan fingerprint density at radius 2 is 1.87 bits per heavy atom. The molecule has 1 aliphatic rings. The van der Waals surface area contributed by atoms with Gasteiger partial charge in [-0.1, -0.05) is 30.3 Å². The van der Waals surface area contributed by atoms with Crippen LogP contribution in [0.4, 0.5) is 0 Å². The Labute approximate surface area is 170 Å². The van der Waals surface area contributed by atoms with E-state index in [2.05, 4.69) is 15.5 Å². The van der Waals surface area contributed by atoms with E-state index >= 15 is 0 Å². The van der Waals surface area contributed by atoms with E-state index in [0.29, 0.717) is 5.65 Å². The molecule has 9 heteroatoms. The number of hydrogen-bond acceptors (Lipinski definition) is 5. The van der Waals surface area contributed by atoms with Crippen molar-refractivity contribution in [1.29, 1.82) is 0 Å². The molecule has 1 fully saturated rings. The summed E-state index contributed by atoms with van der Waals surface area (Å²) < 4.78 is 4.36. The van der Waals surface area contributed by atoms with Crippen molar-refractivity contribution in [2.45, 2.75) is 18.9 Å². The van der Waals surface area contributed by atoms with Crippen LogP contribution in [0.2, 0.25) is 0 Å². The molecule has 4 aromatic rings.